The van der Waals surface area contributed by atoms with Gasteiger partial charge in [0.25, 0.3) is 0 Å². The number of rotatable bonds is 7. The van der Waals surface area contributed by atoms with E-state index in [1.54, 1.807) is 6.92 Å². The molecule has 0 fully saturated rings. The molecule has 1 aromatic carbocycles. The van der Waals surface area contributed by atoms with E-state index in [1.165, 1.54) is 12.1 Å². The van der Waals surface area contributed by atoms with Gasteiger partial charge < -0.3 is 16.0 Å². The molecule has 0 aliphatic carbocycles. The molecule has 1 aromatic rings. The normalized spacial score (nSPS) is 12.1. The van der Waals surface area contributed by atoms with Crippen molar-refractivity contribution in [1.29, 1.82) is 0 Å². The summed E-state index contributed by atoms with van der Waals surface area (Å²) in [5.74, 6) is -1.18. The van der Waals surface area contributed by atoms with Gasteiger partial charge in [0.15, 0.2) is 0 Å². The maximum absolute atomic E-state index is 13.5. The summed E-state index contributed by atoms with van der Waals surface area (Å²) in [6.45, 7) is 5.28. The summed E-state index contributed by atoms with van der Waals surface area (Å²) in [6.07, 6.45) is 0. The van der Waals surface area contributed by atoms with Crippen LogP contribution in [0.1, 0.15) is 32.4 Å². The minimum atomic E-state index is -0.575. The van der Waals surface area contributed by atoms with Gasteiger partial charge >= 0.3 is 0 Å². The van der Waals surface area contributed by atoms with Gasteiger partial charge in [0.2, 0.25) is 11.8 Å². The van der Waals surface area contributed by atoms with E-state index >= 15 is 0 Å². The zero-order valence-electron chi connectivity index (χ0n) is 13.2. The minimum Gasteiger partial charge on any atom is -0.352 e. The molecule has 128 valence electrons. The molecule has 0 bridgehead atoms. The molecule has 1 rings (SSSR count). The number of benzene rings is 1. The van der Waals surface area contributed by atoms with E-state index in [-0.39, 0.29) is 42.0 Å². The van der Waals surface area contributed by atoms with Gasteiger partial charge in [-0.05, 0) is 38.5 Å². The third-order valence-corrected chi connectivity index (χ3v) is 3.59. The Morgan fingerprint density at radius 3 is 2.35 bits per heavy atom. The van der Waals surface area contributed by atoms with Crippen LogP contribution in [0.2, 0.25) is 10.0 Å². The third kappa shape index (κ3) is 6.72. The van der Waals surface area contributed by atoms with Crippen molar-refractivity contribution in [2.24, 2.45) is 0 Å². The number of hydrogen-bond acceptors (Lipinski definition) is 3. The molecular weight excluding hydrogens is 344 g/mol. The number of carbonyl (C=O) groups is 2. The summed E-state index contributed by atoms with van der Waals surface area (Å²) in [6, 6.07) is 2.21. The molecule has 0 unspecified atom stereocenters. The van der Waals surface area contributed by atoms with Crippen molar-refractivity contribution in [3.05, 3.63) is 33.6 Å². The molecule has 0 aliphatic heterocycles. The summed E-state index contributed by atoms with van der Waals surface area (Å²) in [5.41, 5.74) is 0.499. The second-order valence-electron chi connectivity index (χ2n) is 5.39. The fourth-order valence-electron chi connectivity index (χ4n) is 1.84. The Bertz CT molecular complexity index is 582. The Balaban J connectivity index is 2.47. The maximum Gasteiger partial charge on any atom is 0.239 e. The first kappa shape index (κ1) is 19.7. The maximum atomic E-state index is 13.5. The van der Waals surface area contributed by atoms with Crippen molar-refractivity contribution in [3.63, 3.8) is 0 Å². The standard InChI is InChI=1S/C15H20Cl2FN3O2/c1-8(2)21-15(23)7-20-14(22)6-19-9(3)10-4-13(18)12(17)5-11(10)16/h4-5,8-9,19H,6-7H2,1-3H3,(H,20,22)(H,21,23)/t9-/m1/s1. The Morgan fingerprint density at radius 1 is 1.09 bits per heavy atom. The molecule has 0 aliphatic rings. The molecule has 0 radical (unpaired) electrons. The predicted octanol–water partition coefficient (Wildman–Crippen LogP) is 2.42. The van der Waals surface area contributed by atoms with E-state index in [4.69, 9.17) is 23.2 Å². The molecule has 1 atom stereocenters. The van der Waals surface area contributed by atoms with Crippen molar-refractivity contribution < 1.29 is 14.0 Å². The fraction of sp³-hybridized carbons (Fsp3) is 0.467. The first-order chi connectivity index (χ1) is 10.7. The van der Waals surface area contributed by atoms with Crippen molar-refractivity contribution in [3.8, 4) is 0 Å². The molecule has 0 spiro atoms. The molecule has 0 heterocycles. The zero-order valence-corrected chi connectivity index (χ0v) is 14.7. The van der Waals surface area contributed by atoms with Crippen LogP contribution in [0.15, 0.2) is 12.1 Å². The Hall–Kier alpha value is -1.37. The van der Waals surface area contributed by atoms with E-state index in [0.29, 0.717) is 10.6 Å². The van der Waals surface area contributed by atoms with Crippen LogP contribution in [0.25, 0.3) is 0 Å². The summed E-state index contributed by atoms with van der Waals surface area (Å²) in [4.78, 5) is 23.1. The SMILES string of the molecule is CC(C)NC(=O)CNC(=O)CN[C@H](C)c1cc(F)c(Cl)cc1Cl. The van der Waals surface area contributed by atoms with Crippen molar-refractivity contribution >= 4 is 35.0 Å². The van der Waals surface area contributed by atoms with Gasteiger partial charge in [-0.1, -0.05) is 23.2 Å². The van der Waals surface area contributed by atoms with Crippen LogP contribution in [0.3, 0.4) is 0 Å². The quantitative estimate of drug-likeness (QED) is 0.651. The van der Waals surface area contributed by atoms with Gasteiger partial charge in [-0.2, -0.15) is 0 Å². The highest BCUT2D eigenvalue weighted by molar-refractivity contribution is 6.35. The average molecular weight is 364 g/mol. The highest BCUT2D eigenvalue weighted by Gasteiger charge is 2.14. The second kappa shape index (κ2) is 9.05. The van der Waals surface area contributed by atoms with Gasteiger partial charge in [-0.15, -0.1) is 0 Å². The molecule has 0 saturated heterocycles. The van der Waals surface area contributed by atoms with Crippen LogP contribution < -0.4 is 16.0 Å². The highest BCUT2D eigenvalue weighted by Crippen LogP contribution is 2.28. The van der Waals surface area contributed by atoms with Gasteiger partial charge in [0.1, 0.15) is 5.82 Å². The summed E-state index contributed by atoms with van der Waals surface area (Å²) in [7, 11) is 0. The van der Waals surface area contributed by atoms with Crippen LogP contribution in [0, 0.1) is 5.82 Å². The Morgan fingerprint density at radius 2 is 1.74 bits per heavy atom. The van der Waals surface area contributed by atoms with E-state index in [9.17, 15) is 14.0 Å². The van der Waals surface area contributed by atoms with Crippen LogP contribution >= 0.6 is 23.2 Å². The summed E-state index contributed by atoms with van der Waals surface area (Å²) < 4.78 is 13.5. The number of amides is 2. The first-order valence-electron chi connectivity index (χ1n) is 7.14. The lowest BCUT2D eigenvalue weighted by Gasteiger charge is -2.16. The van der Waals surface area contributed by atoms with Crippen LogP contribution in [0.5, 0.6) is 0 Å². The number of nitrogens with one attached hydrogen (secondary N) is 3. The van der Waals surface area contributed by atoms with Crippen LogP contribution in [-0.2, 0) is 9.59 Å². The Kier molecular flexibility index (Phi) is 7.75. The predicted molar refractivity (Wildman–Crippen MR) is 89.1 cm³/mol. The minimum absolute atomic E-state index is 0.0134. The Labute approximate surface area is 144 Å². The number of carbonyl (C=O) groups excluding carboxylic acids is 2. The molecule has 5 nitrogen and oxygen atoms in total. The van der Waals surface area contributed by atoms with Gasteiger partial charge in [0.05, 0.1) is 18.1 Å². The van der Waals surface area contributed by atoms with E-state index in [0.717, 1.165) is 0 Å². The van der Waals surface area contributed by atoms with E-state index in [2.05, 4.69) is 16.0 Å². The molecular formula is C15H20Cl2FN3O2. The number of hydrogen-bond donors (Lipinski definition) is 3. The average Bonchev–Trinajstić information content (AvgIpc) is 2.45. The molecule has 8 heteroatoms. The molecule has 0 saturated carbocycles. The highest BCUT2D eigenvalue weighted by atomic mass is 35.5. The molecule has 2 amide bonds. The van der Waals surface area contributed by atoms with Crippen molar-refractivity contribution in [1.82, 2.24) is 16.0 Å². The van der Waals surface area contributed by atoms with Crippen molar-refractivity contribution in [2.75, 3.05) is 13.1 Å². The van der Waals surface area contributed by atoms with Crippen LogP contribution in [-0.4, -0.2) is 30.9 Å². The second-order valence-corrected chi connectivity index (χ2v) is 6.20. The fourth-order valence-corrected chi connectivity index (χ4v) is 2.39. The lowest BCUT2D eigenvalue weighted by atomic mass is 10.1. The van der Waals surface area contributed by atoms with Crippen molar-refractivity contribution in [2.45, 2.75) is 32.9 Å². The van der Waals surface area contributed by atoms with Gasteiger partial charge in [0, 0.05) is 17.1 Å². The topological polar surface area (TPSA) is 70.2 Å². The third-order valence-electron chi connectivity index (χ3n) is 2.97. The number of halogens is 3. The molecule has 3 N–H and O–H groups in total. The smallest absolute Gasteiger partial charge is 0.239 e. The van der Waals surface area contributed by atoms with Gasteiger partial charge in [-0.25, -0.2) is 4.39 Å². The van der Waals surface area contributed by atoms with Crippen LogP contribution in [0.4, 0.5) is 4.39 Å². The summed E-state index contributed by atoms with van der Waals surface area (Å²) >= 11 is 11.7. The summed E-state index contributed by atoms with van der Waals surface area (Å²) in [5, 5.41) is 8.32. The van der Waals surface area contributed by atoms with E-state index < -0.39 is 5.82 Å². The molecule has 23 heavy (non-hydrogen) atoms. The monoisotopic (exact) mass is 363 g/mol. The first-order valence-corrected chi connectivity index (χ1v) is 7.90. The molecule has 0 aromatic heterocycles. The zero-order chi connectivity index (χ0) is 17.6. The lowest BCUT2D eigenvalue weighted by molar-refractivity contribution is -0.125. The van der Waals surface area contributed by atoms with E-state index in [1.807, 2.05) is 13.8 Å². The van der Waals surface area contributed by atoms with Gasteiger partial charge in [-0.3, -0.25) is 9.59 Å². The lowest BCUT2D eigenvalue weighted by Crippen LogP contribution is -2.42. The largest absolute Gasteiger partial charge is 0.352 e.